The first-order valence-corrected chi connectivity index (χ1v) is 10.2. The van der Waals surface area contributed by atoms with Crippen molar-refractivity contribution in [2.75, 3.05) is 27.2 Å². The molecule has 0 aromatic carbocycles. The van der Waals surface area contributed by atoms with E-state index in [9.17, 15) is 14.7 Å². The van der Waals surface area contributed by atoms with Gasteiger partial charge in [0.25, 0.3) is 11.7 Å². The molecule has 1 aliphatic rings. The number of pyridine rings is 2. The topological polar surface area (TPSA) is 91.0 Å². The van der Waals surface area contributed by atoms with Gasteiger partial charge in [-0.3, -0.25) is 19.0 Å². The number of rotatable bonds is 6. The third kappa shape index (κ3) is 3.70. The lowest BCUT2D eigenvalue weighted by Crippen LogP contribution is -2.32. The summed E-state index contributed by atoms with van der Waals surface area (Å²) in [6.07, 6.45) is 5.74. The molecule has 1 atom stereocenters. The number of ketones is 1. The summed E-state index contributed by atoms with van der Waals surface area (Å²) in [6, 6.07) is 8.37. The van der Waals surface area contributed by atoms with Crippen LogP contribution in [0.2, 0.25) is 0 Å². The van der Waals surface area contributed by atoms with Gasteiger partial charge in [-0.15, -0.1) is 0 Å². The summed E-state index contributed by atoms with van der Waals surface area (Å²) >= 11 is 0. The van der Waals surface area contributed by atoms with Crippen molar-refractivity contribution < 1.29 is 14.7 Å². The summed E-state index contributed by atoms with van der Waals surface area (Å²) in [5.41, 5.74) is 2.39. The van der Waals surface area contributed by atoms with Crippen LogP contribution in [-0.2, 0) is 9.59 Å². The highest BCUT2D eigenvalue weighted by Crippen LogP contribution is 2.39. The Kier molecular flexibility index (Phi) is 5.56. The van der Waals surface area contributed by atoms with Crippen molar-refractivity contribution in [2.24, 2.45) is 0 Å². The van der Waals surface area contributed by atoms with Crippen molar-refractivity contribution in [3.05, 3.63) is 71.4 Å². The van der Waals surface area contributed by atoms with Crippen LogP contribution in [0.5, 0.6) is 0 Å². The first kappa shape index (κ1) is 20.7. The van der Waals surface area contributed by atoms with Gasteiger partial charge in [0, 0.05) is 25.1 Å². The fraction of sp³-hybridized carbons (Fsp3) is 0.304. The van der Waals surface area contributed by atoms with E-state index in [1.807, 2.05) is 43.3 Å². The summed E-state index contributed by atoms with van der Waals surface area (Å²) < 4.78 is 1.73. The number of carbonyl (C=O) groups is 2. The molecule has 3 aromatic rings. The Hall–Kier alpha value is -3.52. The van der Waals surface area contributed by atoms with Crippen LogP contribution in [-0.4, -0.2) is 68.2 Å². The van der Waals surface area contributed by atoms with E-state index in [0.717, 1.165) is 6.54 Å². The zero-order chi connectivity index (χ0) is 22.1. The standard InChI is InChI=1S/C23H25N5O3/c1-15-19(27-12-5-4-9-17(27)25-15)21(29)18-20(16-8-6-10-24-14-16)28(23(31)22(18)30)13-7-11-26(2)3/h4-6,8-10,12,14,20,29H,7,11,13H2,1-3H3/b21-18+/t20-/m1/s1. The number of Topliss-reactive ketones (excluding diaryl/α,β-unsaturated/α-hetero) is 1. The monoisotopic (exact) mass is 419 g/mol. The average molecular weight is 419 g/mol. The van der Waals surface area contributed by atoms with Gasteiger partial charge in [-0.25, -0.2) is 4.98 Å². The Labute approximate surface area is 180 Å². The van der Waals surface area contributed by atoms with Gasteiger partial charge >= 0.3 is 0 Å². The lowest BCUT2D eigenvalue weighted by atomic mass is 9.97. The van der Waals surface area contributed by atoms with Gasteiger partial charge in [-0.2, -0.15) is 0 Å². The van der Waals surface area contributed by atoms with Crippen LogP contribution < -0.4 is 0 Å². The zero-order valence-electron chi connectivity index (χ0n) is 17.8. The highest BCUT2D eigenvalue weighted by atomic mass is 16.3. The summed E-state index contributed by atoms with van der Waals surface area (Å²) in [4.78, 5) is 38.3. The molecule has 31 heavy (non-hydrogen) atoms. The number of aryl methyl sites for hydroxylation is 1. The van der Waals surface area contributed by atoms with Crippen molar-refractivity contribution >= 4 is 23.1 Å². The van der Waals surface area contributed by atoms with Crippen LogP contribution in [0.3, 0.4) is 0 Å². The van der Waals surface area contributed by atoms with Crippen molar-refractivity contribution in [3.8, 4) is 0 Å². The molecule has 0 spiro atoms. The molecule has 0 saturated carbocycles. The number of fused-ring (bicyclic) bond motifs is 1. The second-order valence-corrected chi connectivity index (χ2v) is 7.91. The number of hydrogen-bond donors (Lipinski definition) is 1. The summed E-state index contributed by atoms with van der Waals surface area (Å²) in [6.45, 7) is 2.94. The maximum atomic E-state index is 13.1. The largest absolute Gasteiger partial charge is 0.505 e. The number of hydrogen-bond acceptors (Lipinski definition) is 6. The van der Waals surface area contributed by atoms with Crippen molar-refractivity contribution in [2.45, 2.75) is 19.4 Å². The van der Waals surface area contributed by atoms with E-state index in [1.54, 1.807) is 36.0 Å². The molecular weight excluding hydrogens is 394 g/mol. The molecule has 1 N–H and O–H groups in total. The quantitative estimate of drug-likeness (QED) is 0.375. The minimum Gasteiger partial charge on any atom is -0.505 e. The second kappa shape index (κ2) is 8.31. The van der Waals surface area contributed by atoms with Gasteiger partial charge in [0.05, 0.1) is 17.3 Å². The molecule has 3 aromatic heterocycles. The number of aromatic nitrogens is 3. The zero-order valence-corrected chi connectivity index (χ0v) is 17.8. The predicted molar refractivity (Wildman–Crippen MR) is 116 cm³/mol. The van der Waals surface area contributed by atoms with Gasteiger partial charge in [0.2, 0.25) is 0 Å². The van der Waals surface area contributed by atoms with Crippen LogP contribution in [0.4, 0.5) is 0 Å². The van der Waals surface area contributed by atoms with Gasteiger partial charge < -0.3 is 14.9 Å². The van der Waals surface area contributed by atoms with Crippen LogP contribution in [0.1, 0.15) is 29.4 Å². The molecule has 4 heterocycles. The van der Waals surface area contributed by atoms with Gasteiger partial charge in [-0.05, 0) is 57.7 Å². The number of imidazole rings is 1. The van der Waals surface area contributed by atoms with E-state index in [0.29, 0.717) is 35.6 Å². The van der Waals surface area contributed by atoms with Crippen molar-refractivity contribution in [3.63, 3.8) is 0 Å². The van der Waals surface area contributed by atoms with Gasteiger partial charge in [-0.1, -0.05) is 12.1 Å². The smallest absolute Gasteiger partial charge is 0.295 e. The number of aliphatic hydroxyl groups is 1. The molecule has 0 bridgehead atoms. The highest BCUT2D eigenvalue weighted by molar-refractivity contribution is 6.46. The number of nitrogens with zero attached hydrogens (tertiary/aromatic N) is 5. The third-order valence-electron chi connectivity index (χ3n) is 5.47. The maximum Gasteiger partial charge on any atom is 0.295 e. The molecule has 1 amide bonds. The highest BCUT2D eigenvalue weighted by Gasteiger charge is 2.46. The average Bonchev–Trinajstić information content (AvgIpc) is 3.22. The molecule has 8 nitrogen and oxygen atoms in total. The Balaban J connectivity index is 1.86. The third-order valence-corrected chi connectivity index (χ3v) is 5.47. The SMILES string of the molecule is Cc1nc2ccccn2c1/C(O)=C1\C(=O)C(=O)N(CCCN(C)C)[C@@H]1c1cccnc1. The molecule has 1 fully saturated rings. The molecule has 160 valence electrons. The Morgan fingerprint density at radius 2 is 2.00 bits per heavy atom. The van der Waals surface area contributed by atoms with Crippen molar-refractivity contribution in [1.29, 1.82) is 0 Å². The van der Waals surface area contributed by atoms with E-state index >= 15 is 0 Å². The van der Waals surface area contributed by atoms with Crippen LogP contribution >= 0.6 is 0 Å². The lowest BCUT2D eigenvalue weighted by molar-refractivity contribution is -0.139. The van der Waals surface area contributed by atoms with E-state index in [-0.39, 0.29) is 11.3 Å². The molecule has 0 aliphatic carbocycles. The predicted octanol–water partition coefficient (Wildman–Crippen LogP) is 2.41. The van der Waals surface area contributed by atoms with E-state index in [2.05, 4.69) is 9.97 Å². The van der Waals surface area contributed by atoms with Crippen LogP contribution in [0.25, 0.3) is 11.4 Å². The van der Waals surface area contributed by atoms with Crippen LogP contribution in [0, 0.1) is 6.92 Å². The number of likely N-dealkylation sites (tertiary alicyclic amines) is 1. The summed E-state index contributed by atoms with van der Waals surface area (Å²) in [5, 5.41) is 11.3. The molecule has 8 heteroatoms. The summed E-state index contributed by atoms with van der Waals surface area (Å²) in [5.74, 6) is -1.53. The Morgan fingerprint density at radius 3 is 2.71 bits per heavy atom. The molecule has 0 radical (unpaired) electrons. The second-order valence-electron chi connectivity index (χ2n) is 7.91. The molecule has 1 aliphatic heterocycles. The van der Waals surface area contributed by atoms with Gasteiger partial charge in [0.1, 0.15) is 11.3 Å². The van der Waals surface area contributed by atoms with Crippen molar-refractivity contribution in [1.82, 2.24) is 24.2 Å². The van der Waals surface area contributed by atoms with E-state index in [4.69, 9.17) is 0 Å². The minimum absolute atomic E-state index is 0.0663. The molecule has 0 unspecified atom stereocenters. The fourth-order valence-electron chi connectivity index (χ4n) is 4.08. The van der Waals surface area contributed by atoms with E-state index in [1.165, 1.54) is 4.90 Å². The Morgan fingerprint density at radius 1 is 1.19 bits per heavy atom. The Bertz CT molecular complexity index is 1170. The number of aliphatic hydroxyl groups excluding tert-OH is 1. The summed E-state index contributed by atoms with van der Waals surface area (Å²) in [7, 11) is 3.92. The molecule has 1 saturated heterocycles. The van der Waals surface area contributed by atoms with Crippen LogP contribution in [0.15, 0.2) is 54.5 Å². The normalized spacial score (nSPS) is 18.5. The molecular formula is C23H25N5O3. The number of carbonyl (C=O) groups excluding carboxylic acids is 2. The molecule has 4 rings (SSSR count). The van der Waals surface area contributed by atoms with Gasteiger partial charge in [0.15, 0.2) is 5.76 Å². The first-order valence-electron chi connectivity index (χ1n) is 10.2. The first-order chi connectivity index (χ1) is 14.9. The maximum absolute atomic E-state index is 13.1. The fourth-order valence-corrected chi connectivity index (χ4v) is 4.08. The van der Waals surface area contributed by atoms with E-state index < -0.39 is 17.7 Å². The number of amides is 1. The lowest BCUT2D eigenvalue weighted by Gasteiger charge is -2.25. The minimum atomic E-state index is -0.704.